The predicted molar refractivity (Wildman–Crippen MR) is 80.5 cm³/mol. The van der Waals surface area contributed by atoms with E-state index in [9.17, 15) is 4.79 Å². The van der Waals surface area contributed by atoms with E-state index in [0.29, 0.717) is 19.8 Å². The summed E-state index contributed by atoms with van der Waals surface area (Å²) in [5.41, 5.74) is 2.30. The average molecular weight is 292 g/mol. The van der Waals surface area contributed by atoms with Gasteiger partial charge in [-0.15, -0.1) is 0 Å². The van der Waals surface area contributed by atoms with Crippen molar-refractivity contribution in [3.63, 3.8) is 0 Å². The fourth-order valence-corrected chi connectivity index (χ4v) is 2.47. The molecule has 116 valence electrons. The Labute approximate surface area is 126 Å². The van der Waals surface area contributed by atoms with E-state index < -0.39 is 0 Å². The molecule has 5 nitrogen and oxygen atoms in total. The lowest BCUT2D eigenvalue weighted by molar-refractivity contribution is -0.123. The van der Waals surface area contributed by atoms with E-state index in [1.807, 2.05) is 13.0 Å². The van der Waals surface area contributed by atoms with Crippen molar-refractivity contribution >= 4 is 5.91 Å². The number of aromatic nitrogens is 1. The quantitative estimate of drug-likeness (QED) is 0.743. The highest BCUT2D eigenvalue weighted by Crippen LogP contribution is 2.27. The van der Waals surface area contributed by atoms with Gasteiger partial charge in [0.2, 0.25) is 0 Å². The van der Waals surface area contributed by atoms with Gasteiger partial charge in [0.05, 0.1) is 0 Å². The number of carbonyl (C=O) groups is 1. The number of nitrogens with one attached hydrogen (secondary N) is 1. The molecule has 2 rings (SSSR count). The standard InChI is InChI=1S/C16H24N2O3/c1-2-20-11-5-9-18-16(19)12-21-15-8-10-17-14-7-4-3-6-13(14)15/h8,10H,2-7,9,11-12H2,1H3,(H,18,19). The Hall–Kier alpha value is -1.62. The SMILES string of the molecule is CCOCCCNC(=O)COc1ccnc2c1CCCC2. The van der Waals surface area contributed by atoms with Crippen LogP contribution in [0.3, 0.4) is 0 Å². The average Bonchev–Trinajstić information content (AvgIpc) is 2.52. The molecule has 0 unspecified atom stereocenters. The first-order valence-electron chi connectivity index (χ1n) is 7.75. The number of amides is 1. The maximum absolute atomic E-state index is 11.7. The first-order chi connectivity index (χ1) is 10.3. The maximum atomic E-state index is 11.7. The van der Waals surface area contributed by atoms with Crippen molar-refractivity contribution in [2.75, 3.05) is 26.4 Å². The van der Waals surface area contributed by atoms with Crippen LogP contribution in [0, 0.1) is 0 Å². The van der Waals surface area contributed by atoms with Crippen LogP contribution in [-0.2, 0) is 22.4 Å². The molecule has 0 fully saturated rings. The molecule has 1 N–H and O–H groups in total. The highest BCUT2D eigenvalue weighted by molar-refractivity contribution is 5.77. The van der Waals surface area contributed by atoms with E-state index >= 15 is 0 Å². The van der Waals surface area contributed by atoms with Crippen LogP contribution < -0.4 is 10.1 Å². The summed E-state index contributed by atoms with van der Waals surface area (Å²) in [6.07, 6.45) is 6.94. The van der Waals surface area contributed by atoms with Crippen LogP contribution >= 0.6 is 0 Å². The van der Waals surface area contributed by atoms with Gasteiger partial charge in [-0.1, -0.05) is 0 Å². The number of carbonyl (C=O) groups excluding carboxylic acids is 1. The van der Waals surface area contributed by atoms with Gasteiger partial charge in [-0.25, -0.2) is 0 Å². The van der Waals surface area contributed by atoms with Gasteiger partial charge < -0.3 is 14.8 Å². The molecule has 0 aromatic carbocycles. The molecule has 1 aliphatic carbocycles. The molecule has 1 aromatic rings. The van der Waals surface area contributed by atoms with E-state index in [4.69, 9.17) is 9.47 Å². The van der Waals surface area contributed by atoms with E-state index in [-0.39, 0.29) is 12.5 Å². The van der Waals surface area contributed by atoms with Crippen LogP contribution in [0.15, 0.2) is 12.3 Å². The number of pyridine rings is 1. The number of hydrogen-bond acceptors (Lipinski definition) is 4. The minimum atomic E-state index is -0.0899. The molecule has 0 atom stereocenters. The molecule has 1 heterocycles. The zero-order valence-electron chi connectivity index (χ0n) is 12.7. The third-order valence-corrected chi connectivity index (χ3v) is 3.54. The summed E-state index contributed by atoms with van der Waals surface area (Å²) in [4.78, 5) is 16.1. The number of ether oxygens (including phenoxy) is 2. The summed E-state index contributed by atoms with van der Waals surface area (Å²) in [7, 11) is 0. The van der Waals surface area contributed by atoms with E-state index in [0.717, 1.165) is 30.7 Å². The Bertz CT molecular complexity index is 463. The van der Waals surface area contributed by atoms with Crippen LogP contribution in [-0.4, -0.2) is 37.3 Å². The van der Waals surface area contributed by atoms with Gasteiger partial charge in [0.15, 0.2) is 6.61 Å². The molecule has 21 heavy (non-hydrogen) atoms. The van der Waals surface area contributed by atoms with Crippen molar-refractivity contribution in [1.29, 1.82) is 0 Å². The molecule has 5 heteroatoms. The van der Waals surface area contributed by atoms with E-state index in [2.05, 4.69) is 10.3 Å². The maximum Gasteiger partial charge on any atom is 0.257 e. The molecule has 1 aromatic heterocycles. The van der Waals surface area contributed by atoms with Crippen molar-refractivity contribution in [2.45, 2.75) is 39.0 Å². The van der Waals surface area contributed by atoms with Crippen molar-refractivity contribution in [3.05, 3.63) is 23.5 Å². The third-order valence-electron chi connectivity index (χ3n) is 3.54. The summed E-state index contributed by atoms with van der Waals surface area (Å²) in [6.45, 7) is 4.03. The van der Waals surface area contributed by atoms with E-state index in [1.165, 1.54) is 18.4 Å². The molecule has 0 saturated carbocycles. The minimum absolute atomic E-state index is 0.0606. The Morgan fingerprint density at radius 2 is 2.24 bits per heavy atom. The van der Waals surface area contributed by atoms with Gasteiger partial charge in [0.1, 0.15) is 5.75 Å². The van der Waals surface area contributed by atoms with Gasteiger partial charge in [-0.2, -0.15) is 0 Å². The molecule has 0 radical (unpaired) electrons. The van der Waals surface area contributed by atoms with Gasteiger partial charge in [-0.05, 0) is 45.1 Å². The lowest BCUT2D eigenvalue weighted by atomic mass is 9.95. The van der Waals surface area contributed by atoms with Crippen LogP contribution in [0.25, 0.3) is 0 Å². The summed E-state index contributed by atoms with van der Waals surface area (Å²) >= 11 is 0. The molecule has 0 saturated heterocycles. The van der Waals surface area contributed by atoms with Crippen molar-refractivity contribution in [2.24, 2.45) is 0 Å². The molecular formula is C16H24N2O3. The minimum Gasteiger partial charge on any atom is -0.483 e. The smallest absolute Gasteiger partial charge is 0.257 e. The van der Waals surface area contributed by atoms with Crippen molar-refractivity contribution < 1.29 is 14.3 Å². The summed E-state index contributed by atoms with van der Waals surface area (Å²) in [5, 5.41) is 2.83. The molecule has 0 spiro atoms. The lowest BCUT2D eigenvalue weighted by Crippen LogP contribution is -2.30. The second-order valence-corrected chi connectivity index (χ2v) is 5.13. The first kappa shape index (κ1) is 15.8. The van der Waals surface area contributed by atoms with Crippen LogP contribution in [0.4, 0.5) is 0 Å². The fourth-order valence-electron chi connectivity index (χ4n) is 2.47. The number of fused-ring (bicyclic) bond motifs is 1. The van der Waals surface area contributed by atoms with Gasteiger partial charge in [0.25, 0.3) is 5.91 Å². The molecule has 1 amide bonds. The number of rotatable bonds is 8. The van der Waals surface area contributed by atoms with Crippen LogP contribution in [0.1, 0.15) is 37.4 Å². The second-order valence-electron chi connectivity index (χ2n) is 5.13. The Morgan fingerprint density at radius 3 is 3.10 bits per heavy atom. The van der Waals surface area contributed by atoms with Gasteiger partial charge in [-0.3, -0.25) is 9.78 Å². The molecule has 0 aliphatic heterocycles. The van der Waals surface area contributed by atoms with Crippen molar-refractivity contribution in [1.82, 2.24) is 10.3 Å². The largest absolute Gasteiger partial charge is 0.483 e. The topological polar surface area (TPSA) is 60.5 Å². The molecule has 1 aliphatic rings. The summed E-state index contributed by atoms with van der Waals surface area (Å²) in [6, 6.07) is 1.85. The Kier molecular flexibility index (Phi) is 6.47. The lowest BCUT2D eigenvalue weighted by Gasteiger charge is -2.18. The van der Waals surface area contributed by atoms with Crippen LogP contribution in [0.2, 0.25) is 0 Å². The second kappa shape index (κ2) is 8.62. The Morgan fingerprint density at radius 1 is 1.38 bits per heavy atom. The highest BCUT2D eigenvalue weighted by Gasteiger charge is 2.15. The predicted octanol–water partition coefficient (Wildman–Crippen LogP) is 1.88. The van der Waals surface area contributed by atoms with Gasteiger partial charge >= 0.3 is 0 Å². The zero-order chi connectivity index (χ0) is 14.9. The van der Waals surface area contributed by atoms with Crippen molar-refractivity contribution in [3.8, 4) is 5.75 Å². The normalized spacial score (nSPS) is 13.6. The fraction of sp³-hybridized carbons (Fsp3) is 0.625. The van der Waals surface area contributed by atoms with E-state index in [1.54, 1.807) is 6.20 Å². The third kappa shape index (κ3) is 5.01. The number of aryl methyl sites for hydroxylation is 1. The van der Waals surface area contributed by atoms with Crippen LogP contribution in [0.5, 0.6) is 5.75 Å². The number of hydrogen-bond donors (Lipinski definition) is 1. The highest BCUT2D eigenvalue weighted by atomic mass is 16.5. The number of nitrogens with zero attached hydrogens (tertiary/aromatic N) is 1. The molecule has 0 bridgehead atoms. The summed E-state index contributed by atoms with van der Waals surface area (Å²) < 4.78 is 10.9. The Balaban J connectivity index is 1.74. The first-order valence-corrected chi connectivity index (χ1v) is 7.75. The summed E-state index contributed by atoms with van der Waals surface area (Å²) in [5.74, 6) is 0.719. The van der Waals surface area contributed by atoms with Gasteiger partial charge in [0, 0.05) is 37.2 Å². The monoisotopic (exact) mass is 292 g/mol. The molecular weight excluding hydrogens is 268 g/mol. The zero-order valence-corrected chi connectivity index (χ0v) is 12.7.